The van der Waals surface area contributed by atoms with Gasteiger partial charge in [-0.25, -0.2) is 4.98 Å². The molecule has 0 aliphatic carbocycles. The monoisotopic (exact) mass is 233 g/mol. The number of hydrogen-bond donors (Lipinski definition) is 1. The summed E-state index contributed by atoms with van der Waals surface area (Å²) >= 11 is 0. The highest BCUT2D eigenvalue weighted by atomic mass is 15.3. The van der Waals surface area contributed by atoms with Crippen LogP contribution in [0.3, 0.4) is 0 Å². The average Bonchev–Trinajstić information content (AvgIpc) is 2.80. The van der Waals surface area contributed by atoms with Crippen LogP contribution in [0, 0.1) is 0 Å². The van der Waals surface area contributed by atoms with Gasteiger partial charge in [-0.2, -0.15) is 14.6 Å². The number of aryl methyl sites for hydroxylation is 1. The van der Waals surface area contributed by atoms with Crippen LogP contribution in [0.4, 0.5) is 5.82 Å². The van der Waals surface area contributed by atoms with Crippen molar-refractivity contribution in [1.82, 2.24) is 19.6 Å². The molecule has 0 unspecified atom stereocenters. The molecule has 92 valence electrons. The van der Waals surface area contributed by atoms with Crippen molar-refractivity contribution < 1.29 is 0 Å². The Kier molecular flexibility index (Phi) is 3.56. The maximum absolute atomic E-state index is 6.14. The van der Waals surface area contributed by atoms with Crippen molar-refractivity contribution in [3.05, 3.63) is 17.6 Å². The lowest BCUT2D eigenvalue weighted by atomic mass is 10.0. The van der Waals surface area contributed by atoms with Crippen molar-refractivity contribution >= 4 is 11.6 Å². The molecule has 2 heterocycles. The molecule has 0 aliphatic heterocycles. The fraction of sp³-hybridized carbons (Fsp3) is 0.583. The minimum atomic E-state index is 0.596. The zero-order chi connectivity index (χ0) is 12.3. The van der Waals surface area contributed by atoms with Crippen molar-refractivity contribution in [2.24, 2.45) is 0 Å². The maximum Gasteiger partial charge on any atom is 0.254 e. The van der Waals surface area contributed by atoms with Crippen molar-refractivity contribution in [2.75, 3.05) is 5.73 Å². The summed E-state index contributed by atoms with van der Waals surface area (Å²) in [6.07, 6.45) is 6.93. The molecule has 2 aromatic rings. The van der Waals surface area contributed by atoms with Crippen molar-refractivity contribution in [3.8, 4) is 0 Å². The van der Waals surface area contributed by atoms with Crippen LogP contribution in [-0.2, 0) is 12.8 Å². The number of anilines is 1. The molecule has 0 amide bonds. The molecule has 17 heavy (non-hydrogen) atoms. The van der Waals surface area contributed by atoms with Gasteiger partial charge in [-0.15, -0.1) is 0 Å². The van der Waals surface area contributed by atoms with E-state index in [4.69, 9.17) is 5.73 Å². The number of nitrogens with two attached hydrogens (primary N) is 1. The molecule has 0 aliphatic rings. The maximum atomic E-state index is 6.14. The topological polar surface area (TPSA) is 69.1 Å². The van der Waals surface area contributed by atoms with Crippen molar-refractivity contribution in [1.29, 1.82) is 0 Å². The molecular formula is C12H19N5. The third kappa shape index (κ3) is 2.23. The Morgan fingerprint density at radius 2 is 2.12 bits per heavy atom. The zero-order valence-electron chi connectivity index (χ0n) is 10.5. The molecule has 0 fully saturated rings. The van der Waals surface area contributed by atoms with E-state index in [2.05, 4.69) is 28.9 Å². The van der Waals surface area contributed by atoms with Crippen LogP contribution in [-0.4, -0.2) is 19.6 Å². The minimum Gasteiger partial charge on any atom is -0.383 e. The predicted molar refractivity (Wildman–Crippen MR) is 67.8 cm³/mol. The van der Waals surface area contributed by atoms with Gasteiger partial charge in [-0.3, -0.25) is 0 Å². The number of rotatable bonds is 5. The van der Waals surface area contributed by atoms with E-state index >= 15 is 0 Å². The smallest absolute Gasteiger partial charge is 0.254 e. The summed E-state index contributed by atoms with van der Waals surface area (Å²) in [7, 11) is 0. The van der Waals surface area contributed by atoms with Gasteiger partial charge < -0.3 is 5.73 Å². The van der Waals surface area contributed by atoms with Crippen molar-refractivity contribution in [3.63, 3.8) is 0 Å². The molecule has 5 heteroatoms. The first-order valence-electron chi connectivity index (χ1n) is 6.24. The summed E-state index contributed by atoms with van der Waals surface area (Å²) in [5.41, 5.74) is 8.34. The molecule has 5 nitrogen and oxygen atoms in total. The normalized spacial score (nSPS) is 11.2. The second-order valence-electron chi connectivity index (χ2n) is 4.20. The van der Waals surface area contributed by atoms with Gasteiger partial charge >= 0.3 is 0 Å². The van der Waals surface area contributed by atoms with E-state index in [1.165, 1.54) is 19.2 Å². The summed E-state index contributed by atoms with van der Waals surface area (Å²) in [5.74, 6) is 1.29. The molecule has 0 saturated heterocycles. The van der Waals surface area contributed by atoms with Gasteiger partial charge in [-0.05, 0) is 19.3 Å². The Labute approximate surface area is 101 Å². The summed E-state index contributed by atoms with van der Waals surface area (Å²) in [5, 5.41) is 4.10. The van der Waals surface area contributed by atoms with Gasteiger partial charge in [0, 0.05) is 5.56 Å². The number of aromatic nitrogens is 4. The van der Waals surface area contributed by atoms with E-state index in [0.717, 1.165) is 30.5 Å². The van der Waals surface area contributed by atoms with Gasteiger partial charge in [0.25, 0.3) is 5.78 Å². The van der Waals surface area contributed by atoms with E-state index in [1.54, 1.807) is 4.52 Å². The third-order valence-electron chi connectivity index (χ3n) is 3.02. The molecule has 0 aromatic carbocycles. The fourth-order valence-electron chi connectivity index (χ4n) is 2.06. The second kappa shape index (κ2) is 5.12. The molecular weight excluding hydrogens is 214 g/mol. The summed E-state index contributed by atoms with van der Waals surface area (Å²) in [6, 6.07) is 0. The number of nitrogens with zero attached hydrogens (tertiary/aromatic N) is 4. The summed E-state index contributed by atoms with van der Waals surface area (Å²) in [6.45, 7) is 4.29. The lowest BCUT2D eigenvalue weighted by molar-refractivity contribution is 0.707. The van der Waals surface area contributed by atoms with Crippen LogP contribution in [0.2, 0.25) is 0 Å². The number of unbranched alkanes of at least 4 members (excludes halogenated alkanes) is 2. The zero-order valence-corrected chi connectivity index (χ0v) is 10.5. The summed E-state index contributed by atoms with van der Waals surface area (Å²) < 4.78 is 1.63. The molecule has 0 atom stereocenters. The average molecular weight is 233 g/mol. The van der Waals surface area contributed by atoms with Gasteiger partial charge in [0.05, 0.1) is 5.69 Å². The lowest BCUT2D eigenvalue weighted by Gasteiger charge is -2.11. The molecule has 2 aromatic heterocycles. The Bertz CT molecular complexity index is 503. The lowest BCUT2D eigenvalue weighted by Crippen LogP contribution is -2.10. The quantitative estimate of drug-likeness (QED) is 0.802. The molecule has 0 saturated carbocycles. The van der Waals surface area contributed by atoms with Crippen LogP contribution >= 0.6 is 0 Å². The minimum absolute atomic E-state index is 0.596. The second-order valence-corrected chi connectivity index (χ2v) is 4.20. The van der Waals surface area contributed by atoms with E-state index < -0.39 is 0 Å². The number of hydrogen-bond acceptors (Lipinski definition) is 4. The van der Waals surface area contributed by atoms with E-state index in [0.29, 0.717) is 11.6 Å². The molecule has 0 spiro atoms. The first-order chi connectivity index (χ1) is 8.27. The highest BCUT2D eigenvalue weighted by Crippen LogP contribution is 2.19. The molecule has 2 N–H and O–H groups in total. The van der Waals surface area contributed by atoms with Crippen LogP contribution in [0.15, 0.2) is 6.33 Å². The Morgan fingerprint density at radius 3 is 2.82 bits per heavy atom. The van der Waals surface area contributed by atoms with Gasteiger partial charge in [0.2, 0.25) is 0 Å². The van der Waals surface area contributed by atoms with Crippen molar-refractivity contribution in [2.45, 2.75) is 46.0 Å². The largest absolute Gasteiger partial charge is 0.383 e. The van der Waals surface area contributed by atoms with Crippen LogP contribution in [0.5, 0.6) is 0 Å². The number of fused-ring (bicyclic) bond motifs is 1. The Hall–Kier alpha value is -1.65. The van der Waals surface area contributed by atoms with Crippen LogP contribution in [0.25, 0.3) is 5.78 Å². The van der Waals surface area contributed by atoms with Gasteiger partial charge in [0.15, 0.2) is 0 Å². The van der Waals surface area contributed by atoms with E-state index in [9.17, 15) is 0 Å². The van der Waals surface area contributed by atoms with E-state index in [1.807, 2.05) is 0 Å². The Balaban J connectivity index is 2.39. The summed E-state index contributed by atoms with van der Waals surface area (Å²) in [4.78, 5) is 8.59. The molecule has 2 rings (SSSR count). The fourth-order valence-corrected chi connectivity index (χ4v) is 2.06. The highest BCUT2D eigenvalue weighted by molar-refractivity contribution is 5.49. The predicted octanol–water partition coefficient (Wildman–Crippen LogP) is 2.00. The third-order valence-corrected chi connectivity index (χ3v) is 3.02. The highest BCUT2D eigenvalue weighted by Gasteiger charge is 2.12. The van der Waals surface area contributed by atoms with E-state index in [-0.39, 0.29) is 0 Å². The molecule has 0 bridgehead atoms. The standard InChI is InChI=1S/C12H19N5/c1-3-5-6-7-9-10(4-2)16-12-14-8-15-17(12)11(9)13/h8H,3-7,13H2,1-2H3. The van der Waals surface area contributed by atoms with Crippen LogP contribution < -0.4 is 5.73 Å². The van der Waals surface area contributed by atoms with Gasteiger partial charge in [0.1, 0.15) is 12.1 Å². The first-order valence-corrected chi connectivity index (χ1v) is 6.24. The Morgan fingerprint density at radius 1 is 1.29 bits per heavy atom. The van der Waals surface area contributed by atoms with Gasteiger partial charge in [-0.1, -0.05) is 26.7 Å². The molecule has 0 radical (unpaired) electrons. The SMILES string of the molecule is CCCCCc1c(CC)nc2ncnn2c1N. The first kappa shape index (κ1) is 11.8. The van der Waals surface area contributed by atoms with Crippen LogP contribution in [0.1, 0.15) is 44.4 Å². The number of nitrogen functional groups attached to an aromatic ring is 1.